The first-order valence-corrected chi connectivity index (χ1v) is 23.0. The Bertz CT molecular complexity index is 2170. The van der Waals surface area contributed by atoms with Crippen LogP contribution < -0.4 is 29.0 Å². The van der Waals surface area contributed by atoms with Crippen molar-refractivity contribution >= 4 is 29.5 Å². The van der Waals surface area contributed by atoms with Crippen LogP contribution in [0.3, 0.4) is 0 Å². The van der Waals surface area contributed by atoms with Crippen LogP contribution in [-0.4, -0.2) is 37.0 Å². The Morgan fingerprint density at radius 1 is 0.375 bits per heavy atom. The Hall–Kier alpha value is -6.42. The van der Waals surface area contributed by atoms with Gasteiger partial charge in [-0.3, -0.25) is 4.79 Å². The second-order valence-electron chi connectivity index (χ2n) is 15.9. The molecule has 0 aliphatic rings. The number of esters is 3. The Morgan fingerprint density at radius 2 is 0.719 bits per heavy atom. The number of hydrogen-bond acceptors (Lipinski definition) is 9. The number of rotatable bonds is 28. The van der Waals surface area contributed by atoms with Crippen LogP contribution in [0, 0.1) is 0 Å². The summed E-state index contributed by atoms with van der Waals surface area (Å²) >= 11 is 0. The van der Waals surface area contributed by atoms with Crippen LogP contribution in [-0.2, 0) is 0 Å². The summed E-state index contributed by atoms with van der Waals surface area (Å²) in [5.74, 6) is 0.156. The average molecular weight is 870 g/mol. The fraction of sp³-hybridized carbons (Fsp3) is 0.370. The SMILES string of the molecule is CCCCCCCCCCOc1ccc(OC(=O)c2ccc(C(=O)Oc3cccc(NC(=O)c4ccc(OC(=O)c5ccc(OCCCCCCCCCC)cc5)cc4)c3)cc2)cc1. The van der Waals surface area contributed by atoms with Crippen molar-refractivity contribution in [2.45, 2.75) is 117 Å². The van der Waals surface area contributed by atoms with E-state index < -0.39 is 23.8 Å². The summed E-state index contributed by atoms with van der Waals surface area (Å²) in [5.41, 5.74) is 1.60. The number of carbonyl (C=O) groups excluding carboxylic acids is 4. The molecule has 0 radical (unpaired) electrons. The number of amides is 1. The van der Waals surface area contributed by atoms with Gasteiger partial charge in [0.2, 0.25) is 0 Å². The molecule has 1 N–H and O–H groups in total. The zero-order valence-electron chi connectivity index (χ0n) is 37.4. The molecule has 64 heavy (non-hydrogen) atoms. The Labute approximate surface area is 378 Å². The lowest BCUT2D eigenvalue weighted by Crippen LogP contribution is -2.13. The molecule has 0 aliphatic heterocycles. The van der Waals surface area contributed by atoms with E-state index in [-0.39, 0.29) is 22.6 Å². The normalized spacial score (nSPS) is 10.8. The van der Waals surface area contributed by atoms with Crippen LogP contribution in [0.2, 0.25) is 0 Å². The largest absolute Gasteiger partial charge is 0.494 e. The minimum absolute atomic E-state index is 0.210. The molecule has 10 nitrogen and oxygen atoms in total. The van der Waals surface area contributed by atoms with Gasteiger partial charge in [-0.2, -0.15) is 0 Å². The van der Waals surface area contributed by atoms with Crippen molar-refractivity contribution < 1.29 is 42.9 Å². The van der Waals surface area contributed by atoms with Crippen molar-refractivity contribution in [2.75, 3.05) is 18.5 Å². The zero-order valence-corrected chi connectivity index (χ0v) is 37.4. The standard InChI is InChI=1S/C54H63NO9/c1-3-5-7-9-11-13-15-17-38-60-46-30-28-44(29-31-46)53(58)62-48-32-26-41(27-33-48)51(56)55-45-20-19-21-50(40-45)64-54(59)43-24-22-42(23-25-43)52(57)63-49-36-34-47(35-37-49)61-39-18-16-14-12-10-8-6-4-2/h19-37,40H,3-18,38-39H2,1-2H3,(H,55,56). The molecule has 0 fully saturated rings. The van der Waals surface area contributed by atoms with E-state index in [9.17, 15) is 19.2 Å². The molecule has 0 bridgehead atoms. The molecule has 0 saturated heterocycles. The summed E-state index contributed by atoms with van der Waals surface area (Å²) in [6, 6.07) is 32.4. The number of benzene rings is 5. The molecular formula is C54H63NO9. The molecule has 0 aromatic heterocycles. The lowest BCUT2D eigenvalue weighted by molar-refractivity contribution is 0.0720. The zero-order chi connectivity index (χ0) is 45.2. The Kier molecular flexibility index (Phi) is 21.0. The van der Waals surface area contributed by atoms with Crippen LogP contribution in [0.1, 0.15) is 158 Å². The van der Waals surface area contributed by atoms with Crippen LogP contribution in [0.25, 0.3) is 0 Å². The number of unbranched alkanes of at least 4 members (excludes halogenated alkanes) is 14. The monoisotopic (exact) mass is 869 g/mol. The second kappa shape index (κ2) is 27.6. The molecule has 0 atom stereocenters. The number of carbonyl (C=O) groups is 4. The van der Waals surface area contributed by atoms with Gasteiger partial charge in [-0.15, -0.1) is 0 Å². The van der Waals surface area contributed by atoms with Gasteiger partial charge in [0.05, 0.1) is 29.9 Å². The third-order valence-corrected chi connectivity index (χ3v) is 10.6. The van der Waals surface area contributed by atoms with E-state index in [0.29, 0.717) is 41.5 Å². The van der Waals surface area contributed by atoms with E-state index in [0.717, 1.165) is 31.4 Å². The van der Waals surface area contributed by atoms with E-state index in [2.05, 4.69) is 19.2 Å². The van der Waals surface area contributed by atoms with Crippen molar-refractivity contribution in [3.63, 3.8) is 0 Å². The van der Waals surface area contributed by atoms with Gasteiger partial charge in [-0.05, 0) is 122 Å². The number of hydrogen-bond donors (Lipinski definition) is 1. The van der Waals surface area contributed by atoms with Crippen LogP contribution >= 0.6 is 0 Å². The summed E-state index contributed by atoms with van der Waals surface area (Å²) in [5, 5.41) is 2.79. The molecule has 5 aromatic carbocycles. The fourth-order valence-corrected chi connectivity index (χ4v) is 6.90. The predicted octanol–water partition coefficient (Wildman–Crippen LogP) is 13.6. The van der Waals surface area contributed by atoms with Gasteiger partial charge in [0, 0.05) is 17.3 Å². The molecule has 338 valence electrons. The quantitative estimate of drug-likeness (QED) is 0.0297. The topological polar surface area (TPSA) is 126 Å². The van der Waals surface area contributed by atoms with Crippen molar-refractivity contribution in [1.29, 1.82) is 0 Å². The summed E-state index contributed by atoms with van der Waals surface area (Å²) < 4.78 is 28.3. The summed E-state index contributed by atoms with van der Waals surface area (Å²) in [6.45, 7) is 5.75. The molecule has 1 amide bonds. The van der Waals surface area contributed by atoms with E-state index >= 15 is 0 Å². The minimum Gasteiger partial charge on any atom is -0.494 e. The van der Waals surface area contributed by atoms with Gasteiger partial charge in [-0.1, -0.05) is 110 Å². The van der Waals surface area contributed by atoms with Crippen molar-refractivity contribution in [3.05, 3.63) is 144 Å². The average Bonchev–Trinajstić information content (AvgIpc) is 3.31. The maximum atomic E-state index is 13.1. The van der Waals surface area contributed by atoms with Gasteiger partial charge in [0.15, 0.2) is 0 Å². The maximum Gasteiger partial charge on any atom is 0.343 e. The van der Waals surface area contributed by atoms with Gasteiger partial charge in [0.25, 0.3) is 5.91 Å². The first kappa shape index (κ1) is 48.6. The molecule has 10 heteroatoms. The summed E-state index contributed by atoms with van der Waals surface area (Å²) in [7, 11) is 0. The van der Waals surface area contributed by atoms with Crippen molar-refractivity contribution in [1.82, 2.24) is 0 Å². The highest BCUT2D eigenvalue weighted by Gasteiger charge is 2.15. The predicted molar refractivity (Wildman–Crippen MR) is 251 cm³/mol. The molecule has 0 aliphatic carbocycles. The van der Waals surface area contributed by atoms with Crippen molar-refractivity contribution in [3.8, 4) is 28.7 Å². The second-order valence-corrected chi connectivity index (χ2v) is 15.9. The van der Waals surface area contributed by atoms with E-state index in [4.69, 9.17) is 23.7 Å². The van der Waals surface area contributed by atoms with Gasteiger partial charge in [-0.25, -0.2) is 14.4 Å². The number of ether oxygens (including phenoxy) is 5. The highest BCUT2D eigenvalue weighted by atomic mass is 16.5. The third-order valence-electron chi connectivity index (χ3n) is 10.6. The van der Waals surface area contributed by atoms with E-state index in [1.54, 1.807) is 91.0 Å². The molecular weight excluding hydrogens is 807 g/mol. The van der Waals surface area contributed by atoms with Gasteiger partial charge < -0.3 is 29.0 Å². The van der Waals surface area contributed by atoms with Crippen molar-refractivity contribution in [2.24, 2.45) is 0 Å². The summed E-state index contributed by atoms with van der Waals surface area (Å²) in [4.78, 5) is 51.6. The van der Waals surface area contributed by atoms with Crippen LogP contribution in [0.15, 0.2) is 121 Å². The summed E-state index contributed by atoms with van der Waals surface area (Å²) in [6.07, 6.45) is 19.7. The molecule has 5 aromatic rings. The molecule has 0 spiro atoms. The lowest BCUT2D eigenvalue weighted by atomic mass is 10.1. The van der Waals surface area contributed by atoms with Gasteiger partial charge >= 0.3 is 17.9 Å². The number of anilines is 1. The Morgan fingerprint density at radius 3 is 1.17 bits per heavy atom. The van der Waals surface area contributed by atoms with Crippen LogP contribution in [0.5, 0.6) is 28.7 Å². The smallest absolute Gasteiger partial charge is 0.343 e. The molecule has 0 saturated carbocycles. The fourth-order valence-electron chi connectivity index (χ4n) is 6.90. The van der Waals surface area contributed by atoms with Gasteiger partial charge in [0.1, 0.15) is 28.7 Å². The number of nitrogens with one attached hydrogen (secondary N) is 1. The maximum absolute atomic E-state index is 13.1. The third kappa shape index (κ3) is 17.4. The Balaban J connectivity index is 1.00. The lowest BCUT2D eigenvalue weighted by Gasteiger charge is -2.10. The van der Waals surface area contributed by atoms with E-state index in [1.165, 1.54) is 107 Å². The minimum atomic E-state index is -0.644. The highest BCUT2D eigenvalue weighted by molar-refractivity contribution is 6.04. The van der Waals surface area contributed by atoms with E-state index in [1.807, 2.05) is 0 Å². The molecule has 0 unspecified atom stereocenters. The van der Waals surface area contributed by atoms with Crippen LogP contribution in [0.4, 0.5) is 5.69 Å². The molecule has 0 heterocycles. The first-order chi connectivity index (χ1) is 31.3. The highest BCUT2D eigenvalue weighted by Crippen LogP contribution is 2.23. The first-order valence-electron chi connectivity index (χ1n) is 23.0. The molecule has 5 rings (SSSR count).